The molecule has 3 heterocycles. The summed E-state index contributed by atoms with van der Waals surface area (Å²) in [5.74, 6) is -0.989. The van der Waals surface area contributed by atoms with Crippen LogP contribution in [0.1, 0.15) is 48.2 Å². The molecule has 0 aromatic heterocycles. The number of hydrogen-bond donors (Lipinski definition) is 2. The summed E-state index contributed by atoms with van der Waals surface area (Å²) in [7, 11) is 0. The highest BCUT2D eigenvalue weighted by Gasteiger charge is 2.41. The molecule has 1 aromatic rings. The summed E-state index contributed by atoms with van der Waals surface area (Å²) in [5, 5.41) is 4.97. The first-order valence-corrected chi connectivity index (χ1v) is 10.0. The van der Waals surface area contributed by atoms with Crippen LogP contribution in [0, 0.1) is 5.41 Å². The molecule has 2 atom stereocenters. The molecule has 2 fully saturated rings. The van der Waals surface area contributed by atoms with Crippen LogP contribution in [0.25, 0.3) is 0 Å². The third-order valence-corrected chi connectivity index (χ3v) is 5.92. The number of ether oxygens (including phenoxy) is 2. The lowest BCUT2D eigenvalue weighted by molar-refractivity contribution is -0.184. The molecule has 160 valence electrons. The van der Waals surface area contributed by atoms with Gasteiger partial charge in [0, 0.05) is 30.5 Å². The van der Waals surface area contributed by atoms with Crippen LogP contribution in [0.15, 0.2) is 18.2 Å². The van der Waals surface area contributed by atoms with Gasteiger partial charge < -0.3 is 19.7 Å². The molecule has 9 nitrogen and oxygen atoms in total. The van der Waals surface area contributed by atoms with Crippen molar-refractivity contribution in [3.8, 4) is 0 Å². The van der Waals surface area contributed by atoms with Crippen molar-refractivity contribution in [3.05, 3.63) is 34.9 Å². The number of imide groups is 1. The van der Waals surface area contributed by atoms with Gasteiger partial charge in [0.1, 0.15) is 12.6 Å². The van der Waals surface area contributed by atoms with Crippen molar-refractivity contribution >= 4 is 23.8 Å². The standard InChI is InChI=1S/C21H25N3O6/c1-21(2)11-30-16(21)10-29-20(28)22-8-12-3-4-13-9-24(19(27)14(13)7-12)15-5-6-17(25)23-18(15)26/h3-4,7,15-16H,5-6,8-11H2,1-2H3,(H,22,28)(H,23,25,26). The van der Waals surface area contributed by atoms with Gasteiger partial charge in [0.2, 0.25) is 11.8 Å². The summed E-state index contributed by atoms with van der Waals surface area (Å²) < 4.78 is 10.6. The van der Waals surface area contributed by atoms with Gasteiger partial charge in [0.25, 0.3) is 5.91 Å². The van der Waals surface area contributed by atoms with Gasteiger partial charge in [-0.25, -0.2) is 4.79 Å². The van der Waals surface area contributed by atoms with Gasteiger partial charge in [-0.2, -0.15) is 0 Å². The van der Waals surface area contributed by atoms with E-state index >= 15 is 0 Å². The Balaban J connectivity index is 1.32. The molecule has 3 aliphatic rings. The number of carbonyl (C=O) groups excluding carboxylic acids is 4. The Morgan fingerprint density at radius 2 is 2.13 bits per heavy atom. The molecule has 9 heteroatoms. The van der Waals surface area contributed by atoms with E-state index in [0.717, 1.165) is 11.1 Å². The van der Waals surface area contributed by atoms with Gasteiger partial charge in [0.15, 0.2) is 0 Å². The Bertz CT molecular complexity index is 912. The number of carbonyl (C=O) groups is 4. The molecule has 2 N–H and O–H groups in total. The zero-order valence-electron chi connectivity index (χ0n) is 17.0. The molecule has 30 heavy (non-hydrogen) atoms. The quantitative estimate of drug-likeness (QED) is 0.696. The van der Waals surface area contributed by atoms with Crippen LogP contribution >= 0.6 is 0 Å². The van der Waals surface area contributed by atoms with Crippen LogP contribution in [0.3, 0.4) is 0 Å². The molecule has 0 radical (unpaired) electrons. The summed E-state index contributed by atoms with van der Waals surface area (Å²) in [6, 6.07) is 4.74. The van der Waals surface area contributed by atoms with E-state index < -0.39 is 18.0 Å². The number of alkyl carbamates (subject to hydrolysis) is 1. The minimum Gasteiger partial charge on any atom is -0.447 e. The number of nitrogens with one attached hydrogen (secondary N) is 2. The van der Waals surface area contributed by atoms with Crippen molar-refractivity contribution in [1.82, 2.24) is 15.5 Å². The molecule has 0 bridgehead atoms. The maximum atomic E-state index is 12.8. The zero-order chi connectivity index (χ0) is 21.5. The molecule has 2 saturated heterocycles. The van der Waals surface area contributed by atoms with Crippen molar-refractivity contribution in [2.24, 2.45) is 5.41 Å². The highest BCUT2D eigenvalue weighted by molar-refractivity contribution is 6.05. The molecular weight excluding hydrogens is 390 g/mol. The SMILES string of the molecule is CC1(C)COC1COC(=O)NCc1ccc2c(c1)C(=O)N(C1CCC(=O)NC1=O)C2. The Labute approximate surface area is 174 Å². The molecule has 0 spiro atoms. The summed E-state index contributed by atoms with van der Waals surface area (Å²) in [6.45, 7) is 5.51. The fourth-order valence-electron chi connectivity index (χ4n) is 3.90. The lowest BCUT2D eigenvalue weighted by Crippen LogP contribution is -2.52. The number of nitrogens with zero attached hydrogens (tertiary/aromatic N) is 1. The van der Waals surface area contributed by atoms with Gasteiger partial charge in [-0.05, 0) is 23.6 Å². The van der Waals surface area contributed by atoms with Crippen LogP contribution in [-0.2, 0) is 32.2 Å². The fourth-order valence-corrected chi connectivity index (χ4v) is 3.90. The Hall–Kier alpha value is -2.94. The molecule has 0 aliphatic carbocycles. The van der Waals surface area contributed by atoms with Crippen LogP contribution < -0.4 is 10.6 Å². The predicted molar refractivity (Wildman–Crippen MR) is 104 cm³/mol. The monoisotopic (exact) mass is 415 g/mol. The van der Waals surface area contributed by atoms with Crippen LogP contribution in [0.5, 0.6) is 0 Å². The average Bonchev–Trinajstić information content (AvgIpc) is 3.01. The number of amides is 4. The van der Waals surface area contributed by atoms with Crippen molar-refractivity contribution in [3.63, 3.8) is 0 Å². The lowest BCUT2D eigenvalue weighted by atomic mass is 9.83. The minimum atomic E-state index is -0.642. The van der Waals surface area contributed by atoms with E-state index in [2.05, 4.69) is 24.5 Å². The van der Waals surface area contributed by atoms with Crippen molar-refractivity contribution < 1.29 is 28.7 Å². The van der Waals surface area contributed by atoms with Gasteiger partial charge in [0.05, 0.1) is 12.7 Å². The third-order valence-electron chi connectivity index (χ3n) is 5.92. The highest BCUT2D eigenvalue weighted by atomic mass is 16.6. The van der Waals surface area contributed by atoms with E-state index in [1.165, 1.54) is 4.90 Å². The minimum absolute atomic E-state index is 0.00895. The van der Waals surface area contributed by atoms with Gasteiger partial charge in [-0.15, -0.1) is 0 Å². The largest absolute Gasteiger partial charge is 0.447 e. The van der Waals surface area contributed by atoms with Crippen LogP contribution in [0.4, 0.5) is 4.79 Å². The summed E-state index contributed by atoms with van der Waals surface area (Å²) in [4.78, 5) is 49.7. The van der Waals surface area contributed by atoms with Crippen molar-refractivity contribution in [2.45, 2.75) is 51.9 Å². The summed E-state index contributed by atoms with van der Waals surface area (Å²) in [5.41, 5.74) is 2.09. The number of benzene rings is 1. The third kappa shape index (κ3) is 3.89. The Morgan fingerprint density at radius 1 is 1.33 bits per heavy atom. The maximum Gasteiger partial charge on any atom is 0.407 e. The van der Waals surface area contributed by atoms with E-state index in [-0.39, 0.29) is 42.9 Å². The fraction of sp³-hybridized carbons (Fsp3) is 0.524. The second-order valence-electron chi connectivity index (χ2n) is 8.63. The van der Waals surface area contributed by atoms with E-state index in [9.17, 15) is 19.2 Å². The molecule has 1 aromatic carbocycles. The highest BCUT2D eigenvalue weighted by Crippen LogP contribution is 2.33. The van der Waals surface area contributed by atoms with Gasteiger partial charge in [-0.3, -0.25) is 19.7 Å². The van der Waals surface area contributed by atoms with Crippen molar-refractivity contribution in [2.75, 3.05) is 13.2 Å². The van der Waals surface area contributed by atoms with Crippen LogP contribution in [-0.4, -0.2) is 54.1 Å². The van der Waals surface area contributed by atoms with E-state index in [0.29, 0.717) is 25.1 Å². The van der Waals surface area contributed by atoms with Crippen molar-refractivity contribution in [1.29, 1.82) is 0 Å². The first kappa shape index (κ1) is 20.3. The topological polar surface area (TPSA) is 114 Å². The molecular formula is C21H25N3O6. The van der Waals surface area contributed by atoms with Gasteiger partial charge >= 0.3 is 6.09 Å². The molecule has 4 amide bonds. The van der Waals surface area contributed by atoms with E-state index in [4.69, 9.17) is 9.47 Å². The summed E-state index contributed by atoms with van der Waals surface area (Å²) >= 11 is 0. The number of fused-ring (bicyclic) bond motifs is 1. The predicted octanol–water partition coefficient (Wildman–Crippen LogP) is 1.10. The second kappa shape index (κ2) is 7.71. The smallest absolute Gasteiger partial charge is 0.407 e. The van der Waals surface area contributed by atoms with Crippen LogP contribution in [0.2, 0.25) is 0 Å². The first-order valence-electron chi connectivity index (χ1n) is 10.0. The Kier molecular flexibility index (Phi) is 5.23. The number of hydrogen-bond acceptors (Lipinski definition) is 6. The second-order valence-corrected chi connectivity index (χ2v) is 8.63. The molecule has 0 saturated carbocycles. The molecule has 3 aliphatic heterocycles. The van der Waals surface area contributed by atoms with Gasteiger partial charge in [-0.1, -0.05) is 26.0 Å². The normalized spacial score (nSPS) is 24.7. The molecule has 2 unspecified atom stereocenters. The molecule has 4 rings (SSSR count). The lowest BCUT2D eigenvalue weighted by Gasteiger charge is -2.43. The maximum absolute atomic E-state index is 12.8. The van der Waals surface area contributed by atoms with E-state index in [1.807, 2.05) is 12.1 Å². The number of rotatable bonds is 5. The first-order chi connectivity index (χ1) is 14.2. The Morgan fingerprint density at radius 3 is 2.80 bits per heavy atom. The number of piperidine rings is 1. The summed E-state index contributed by atoms with van der Waals surface area (Å²) in [6.07, 6.45) is -0.0966. The van der Waals surface area contributed by atoms with E-state index in [1.54, 1.807) is 6.07 Å². The zero-order valence-corrected chi connectivity index (χ0v) is 17.0. The average molecular weight is 415 g/mol.